The van der Waals surface area contributed by atoms with Gasteiger partial charge in [0, 0.05) is 45.6 Å². The van der Waals surface area contributed by atoms with Crippen LogP contribution in [0.25, 0.3) is 0 Å². The van der Waals surface area contributed by atoms with E-state index in [9.17, 15) is 4.39 Å². The maximum Gasteiger partial charge on any atom is 0.127 e. The van der Waals surface area contributed by atoms with E-state index in [0.717, 1.165) is 43.1 Å². The molecular weight excluding hydrogens is 267 g/mol. The van der Waals surface area contributed by atoms with E-state index >= 15 is 0 Å². The highest BCUT2D eigenvalue weighted by molar-refractivity contribution is 5.26. The Bertz CT molecular complexity index is 622. The Morgan fingerprint density at radius 1 is 1.43 bits per heavy atom. The first kappa shape index (κ1) is 14.2. The minimum Gasteiger partial charge on any atom is -0.337 e. The molecule has 1 aromatic carbocycles. The minimum atomic E-state index is -0.167. The van der Waals surface area contributed by atoms with Gasteiger partial charge in [0.1, 0.15) is 11.6 Å². The maximum atomic E-state index is 13.5. The van der Waals surface area contributed by atoms with Gasteiger partial charge in [-0.25, -0.2) is 9.37 Å². The third-order valence-corrected chi connectivity index (χ3v) is 4.20. The molecule has 0 saturated carbocycles. The first-order valence-corrected chi connectivity index (χ1v) is 7.32. The molecule has 1 fully saturated rings. The zero-order chi connectivity index (χ0) is 14.8. The summed E-state index contributed by atoms with van der Waals surface area (Å²) in [6, 6.07) is 5.24. The maximum absolute atomic E-state index is 13.5. The molecule has 0 spiro atoms. The highest BCUT2D eigenvalue weighted by Crippen LogP contribution is 2.24. The van der Waals surface area contributed by atoms with Crippen molar-refractivity contribution in [3.63, 3.8) is 0 Å². The van der Waals surface area contributed by atoms with E-state index in [-0.39, 0.29) is 11.9 Å². The zero-order valence-corrected chi connectivity index (χ0v) is 12.5. The van der Waals surface area contributed by atoms with E-state index in [0.29, 0.717) is 0 Å². The van der Waals surface area contributed by atoms with Gasteiger partial charge in [-0.05, 0) is 30.2 Å². The summed E-state index contributed by atoms with van der Waals surface area (Å²) in [5.41, 5.74) is 2.18. The molecule has 5 heteroatoms. The van der Waals surface area contributed by atoms with Crippen LogP contribution >= 0.6 is 0 Å². The van der Waals surface area contributed by atoms with E-state index in [1.807, 2.05) is 32.4 Å². The number of nitrogens with one attached hydrogen (secondary N) is 1. The van der Waals surface area contributed by atoms with Crippen LogP contribution < -0.4 is 5.32 Å². The molecule has 112 valence electrons. The van der Waals surface area contributed by atoms with Crippen LogP contribution in [0, 0.1) is 12.7 Å². The van der Waals surface area contributed by atoms with E-state index < -0.39 is 0 Å². The van der Waals surface area contributed by atoms with Gasteiger partial charge in [-0.3, -0.25) is 4.90 Å². The van der Waals surface area contributed by atoms with Gasteiger partial charge in [0.25, 0.3) is 0 Å². The van der Waals surface area contributed by atoms with Crippen LogP contribution in [0.5, 0.6) is 0 Å². The Morgan fingerprint density at radius 3 is 3.05 bits per heavy atom. The standard InChI is InChI=1S/C16H21FN4/c1-12-3-4-14(17)9-13(12)11-21-8-5-18-10-15(21)16-19-6-7-20(16)2/h3-4,6-7,9,15,18H,5,8,10-11H2,1-2H3. The second-order valence-electron chi connectivity index (χ2n) is 5.66. The van der Waals surface area contributed by atoms with Crippen LogP contribution in [0.3, 0.4) is 0 Å². The number of piperazine rings is 1. The number of rotatable bonds is 3. The van der Waals surface area contributed by atoms with Gasteiger partial charge in [-0.2, -0.15) is 0 Å². The molecule has 3 rings (SSSR count). The van der Waals surface area contributed by atoms with Crippen molar-refractivity contribution in [3.8, 4) is 0 Å². The molecule has 1 aliphatic rings. The number of imidazole rings is 1. The Hall–Kier alpha value is -1.72. The summed E-state index contributed by atoms with van der Waals surface area (Å²) in [6.07, 6.45) is 3.80. The minimum absolute atomic E-state index is 0.167. The molecule has 0 radical (unpaired) electrons. The number of halogens is 1. The summed E-state index contributed by atoms with van der Waals surface area (Å²) in [6.45, 7) is 5.55. The van der Waals surface area contributed by atoms with E-state index in [1.54, 1.807) is 6.07 Å². The molecule has 1 unspecified atom stereocenters. The molecule has 1 saturated heterocycles. The summed E-state index contributed by atoms with van der Waals surface area (Å²) in [7, 11) is 2.02. The van der Waals surface area contributed by atoms with Crippen molar-refractivity contribution >= 4 is 0 Å². The van der Waals surface area contributed by atoms with Gasteiger partial charge in [-0.15, -0.1) is 0 Å². The monoisotopic (exact) mass is 288 g/mol. The molecule has 1 atom stereocenters. The van der Waals surface area contributed by atoms with Crippen molar-refractivity contribution in [2.45, 2.75) is 19.5 Å². The van der Waals surface area contributed by atoms with E-state index in [4.69, 9.17) is 0 Å². The smallest absolute Gasteiger partial charge is 0.127 e. The fraction of sp³-hybridized carbons (Fsp3) is 0.438. The third-order valence-electron chi connectivity index (χ3n) is 4.20. The SMILES string of the molecule is Cc1ccc(F)cc1CN1CCNCC1c1nccn1C. The van der Waals surface area contributed by atoms with Crippen molar-refractivity contribution in [1.82, 2.24) is 19.8 Å². The number of aryl methyl sites for hydroxylation is 2. The summed E-state index contributed by atoms with van der Waals surface area (Å²) < 4.78 is 15.5. The van der Waals surface area contributed by atoms with Gasteiger partial charge in [0.2, 0.25) is 0 Å². The molecule has 21 heavy (non-hydrogen) atoms. The van der Waals surface area contributed by atoms with Crippen LogP contribution in [-0.4, -0.2) is 34.1 Å². The molecule has 1 N–H and O–H groups in total. The van der Waals surface area contributed by atoms with Crippen molar-refractivity contribution in [2.75, 3.05) is 19.6 Å². The lowest BCUT2D eigenvalue weighted by Crippen LogP contribution is -2.46. The molecule has 4 nitrogen and oxygen atoms in total. The van der Waals surface area contributed by atoms with Gasteiger partial charge < -0.3 is 9.88 Å². The average Bonchev–Trinajstić information content (AvgIpc) is 2.90. The van der Waals surface area contributed by atoms with Crippen LogP contribution in [0.2, 0.25) is 0 Å². The molecule has 2 heterocycles. The molecule has 0 amide bonds. The van der Waals surface area contributed by atoms with Gasteiger partial charge in [0.05, 0.1) is 6.04 Å². The Kier molecular flexibility index (Phi) is 4.03. The number of nitrogens with zero attached hydrogens (tertiary/aromatic N) is 3. The fourth-order valence-corrected chi connectivity index (χ4v) is 2.92. The highest BCUT2D eigenvalue weighted by Gasteiger charge is 2.27. The van der Waals surface area contributed by atoms with Gasteiger partial charge in [0.15, 0.2) is 0 Å². The lowest BCUT2D eigenvalue weighted by molar-refractivity contribution is 0.144. The summed E-state index contributed by atoms with van der Waals surface area (Å²) in [5, 5.41) is 3.42. The molecule has 1 aliphatic heterocycles. The molecule has 0 aliphatic carbocycles. The Labute approximate surface area is 124 Å². The van der Waals surface area contributed by atoms with Crippen molar-refractivity contribution in [2.24, 2.45) is 7.05 Å². The fourth-order valence-electron chi connectivity index (χ4n) is 2.92. The topological polar surface area (TPSA) is 33.1 Å². The summed E-state index contributed by atoms with van der Waals surface area (Å²) >= 11 is 0. The van der Waals surface area contributed by atoms with Crippen LogP contribution in [-0.2, 0) is 13.6 Å². The van der Waals surface area contributed by atoms with Gasteiger partial charge >= 0.3 is 0 Å². The lowest BCUT2D eigenvalue weighted by Gasteiger charge is -2.36. The molecule has 0 bridgehead atoms. The second kappa shape index (κ2) is 5.95. The quantitative estimate of drug-likeness (QED) is 0.938. The highest BCUT2D eigenvalue weighted by atomic mass is 19.1. The third kappa shape index (κ3) is 2.99. The van der Waals surface area contributed by atoms with Crippen molar-refractivity contribution < 1.29 is 4.39 Å². The first-order chi connectivity index (χ1) is 10.1. The predicted octanol–water partition coefficient (Wildman–Crippen LogP) is 2.01. The number of aromatic nitrogens is 2. The van der Waals surface area contributed by atoms with Crippen LogP contribution in [0.1, 0.15) is 23.0 Å². The Morgan fingerprint density at radius 2 is 2.29 bits per heavy atom. The zero-order valence-electron chi connectivity index (χ0n) is 12.5. The first-order valence-electron chi connectivity index (χ1n) is 7.32. The van der Waals surface area contributed by atoms with Crippen LogP contribution in [0.15, 0.2) is 30.6 Å². The molecular formula is C16H21FN4. The van der Waals surface area contributed by atoms with Gasteiger partial charge in [-0.1, -0.05) is 6.07 Å². The summed E-state index contributed by atoms with van der Waals surface area (Å²) in [5.74, 6) is 0.885. The van der Waals surface area contributed by atoms with E-state index in [2.05, 4.69) is 19.8 Å². The van der Waals surface area contributed by atoms with E-state index in [1.165, 1.54) is 6.07 Å². The van der Waals surface area contributed by atoms with Crippen molar-refractivity contribution in [3.05, 3.63) is 53.4 Å². The average molecular weight is 288 g/mol. The number of hydrogen-bond acceptors (Lipinski definition) is 3. The predicted molar refractivity (Wildman–Crippen MR) is 80.4 cm³/mol. The summed E-state index contributed by atoms with van der Waals surface area (Å²) in [4.78, 5) is 6.85. The molecule has 2 aromatic rings. The van der Waals surface area contributed by atoms with Crippen molar-refractivity contribution in [1.29, 1.82) is 0 Å². The lowest BCUT2D eigenvalue weighted by atomic mass is 10.1. The van der Waals surface area contributed by atoms with Crippen LogP contribution in [0.4, 0.5) is 4.39 Å². The number of benzene rings is 1. The Balaban J connectivity index is 1.85. The second-order valence-corrected chi connectivity index (χ2v) is 5.66. The number of hydrogen-bond donors (Lipinski definition) is 1. The molecule has 1 aromatic heterocycles. The normalized spacial score (nSPS) is 19.9. The largest absolute Gasteiger partial charge is 0.337 e.